The van der Waals surface area contributed by atoms with Crippen LogP contribution >= 0.6 is 0 Å². The van der Waals surface area contributed by atoms with Crippen molar-refractivity contribution in [2.45, 2.75) is 26.3 Å². The normalized spacial score (nSPS) is 11.5. The summed E-state index contributed by atoms with van der Waals surface area (Å²) in [5, 5.41) is 13.6. The van der Waals surface area contributed by atoms with Crippen LogP contribution in [-0.2, 0) is 20.8 Å². The molecule has 19 heavy (non-hydrogen) atoms. The molecule has 0 radical (unpaired) electrons. The Morgan fingerprint density at radius 1 is 1.21 bits per heavy atom. The Hall–Kier alpha value is -2.37. The lowest BCUT2D eigenvalue weighted by Gasteiger charge is -2.09. The second-order valence-electron chi connectivity index (χ2n) is 4.18. The summed E-state index contributed by atoms with van der Waals surface area (Å²) in [6.07, 6.45) is 0.0952. The van der Waals surface area contributed by atoms with Gasteiger partial charge >= 0.3 is 5.97 Å². The van der Waals surface area contributed by atoms with Gasteiger partial charge in [0.2, 0.25) is 11.8 Å². The van der Waals surface area contributed by atoms with Crippen LogP contribution in [0.25, 0.3) is 0 Å². The van der Waals surface area contributed by atoms with Crippen molar-refractivity contribution in [3.8, 4) is 0 Å². The fourth-order valence-electron chi connectivity index (χ4n) is 1.45. The first-order chi connectivity index (χ1) is 8.88. The van der Waals surface area contributed by atoms with E-state index in [1.807, 2.05) is 0 Å². The highest BCUT2D eigenvalue weighted by Gasteiger charge is 2.13. The molecule has 0 saturated carbocycles. The molecule has 0 aromatic heterocycles. The minimum atomic E-state index is -1.07. The molecule has 6 heteroatoms. The van der Waals surface area contributed by atoms with E-state index in [0.29, 0.717) is 5.69 Å². The minimum Gasteiger partial charge on any atom is -0.480 e. The zero-order valence-electron chi connectivity index (χ0n) is 10.8. The third-order valence-corrected chi connectivity index (χ3v) is 2.39. The van der Waals surface area contributed by atoms with Gasteiger partial charge in [-0.05, 0) is 24.6 Å². The van der Waals surface area contributed by atoms with Gasteiger partial charge in [0.15, 0.2) is 0 Å². The maximum atomic E-state index is 11.5. The Balaban J connectivity index is 2.55. The number of carboxylic acids is 1. The highest BCUT2D eigenvalue weighted by atomic mass is 16.4. The van der Waals surface area contributed by atoms with Crippen molar-refractivity contribution in [3.05, 3.63) is 29.8 Å². The second kappa shape index (κ2) is 6.53. The summed E-state index contributed by atoms with van der Waals surface area (Å²) in [5.41, 5.74) is 1.39. The Bertz CT molecular complexity index is 482. The molecule has 0 aliphatic carbocycles. The Morgan fingerprint density at radius 2 is 1.79 bits per heavy atom. The van der Waals surface area contributed by atoms with Gasteiger partial charge in [-0.3, -0.25) is 14.4 Å². The maximum Gasteiger partial charge on any atom is 0.325 e. The van der Waals surface area contributed by atoms with Gasteiger partial charge in [0.1, 0.15) is 6.04 Å². The van der Waals surface area contributed by atoms with Crippen LogP contribution in [0.15, 0.2) is 24.3 Å². The first-order valence-corrected chi connectivity index (χ1v) is 5.77. The molecule has 0 spiro atoms. The average Bonchev–Trinajstić information content (AvgIpc) is 2.30. The van der Waals surface area contributed by atoms with Gasteiger partial charge in [0.05, 0.1) is 6.42 Å². The molecule has 1 aromatic rings. The highest BCUT2D eigenvalue weighted by molar-refractivity contribution is 5.89. The van der Waals surface area contributed by atoms with E-state index < -0.39 is 12.0 Å². The maximum absolute atomic E-state index is 11.5. The zero-order valence-corrected chi connectivity index (χ0v) is 10.8. The third kappa shape index (κ3) is 5.20. The number of amides is 2. The number of carbonyl (C=O) groups excluding carboxylic acids is 2. The van der Waals surface area contributed by atoms with Crippen molar-refractivity contribution < 1.29 is 19.5 Å². The van der Waals surface area contributed by atoms with E-state index in [2.05, 4.69) is 10.6 Å². The van der Waals surface area contributed by atoms with E-state index in [1.54, 1.807) is 24.3 Å². The van der Waals surface area contributed by atoms with Crippen LogP contribution in [0, 0.1) is 0 Å². The third-order valence-electron chi connectivity index (χ3n) is 2.39. The Labute approximate surface area is 110 Å². The van der Waals surface area contributed by atoms with Gasteiger partial charge in [-0.2, -0.15) is 0 Å². The number of rotatable bonds is 5. The molecule has 0 saturated heterocycles. The molecule has 2 amide bonds. The molecule has 6 nitrogen and oxygen atoms in total. The van der Waals surface area contributed by atoms with E-state index in [9.17, 15) is 14.4 Å². The summed E-state index contributed by atoms with van der Waals surface area (Å²) in [6.45, 7) is 2.81. The SMILES string of the molecule is CC(=O)Nc1ccc(CC(=O)N[C@H](C)C(=O)O)cc1. The molecule has 0 bridgehead atoms. The summed E-state index contributed by atoms with van der Waals surface area (Å²) in [4.78, 5) is 33.0. The number of hydrogen-bond acceptors (Lipinski definition) is 3. The second-order valence-corrected chi connectivity index (χ2v) is 4.18. The van der Waals surface area contributed by atoms with E-state index in [1.165, 1.54) is 13.8 Å². The zero-order chi connectivity index (χ0) is 14.4. The van der Waals surface area contributed by atoms with Crippen LogP contribution in [0.4, 0.5) is 5.69 Å². The first-order valence-electron chi connectivity index (χ1n) is 5.77. The molecular weight excluding hydrogens is 248 g/mol. The topological polar surface area (TPSA) is 95.5 Å². The first kappa shape index (κ1) is 14.7. The number of benzene rings is 1. The van der Waals surface area contributed by atoms with E-state index >= 15 is 0 Å². The molecule has 0 fully saturated rings. The molecular formula is C13H16N2O4. The molecule has 0 aliphatic rings. The molecule has 0 aliphatic heterocycles. The number of nitrogens with one attached hydrogen (secondary N) is 2. The van der Waals surface area contributed by atoms with Crippen LogP contribution in [-0.4, -0.2) is 28.9 Å². The van der Waals surface area contributed by atoms with Gasteiger partial charge < -0.3 is 15.7 Å². The number of aliphatic carboxylic acids is 1. The summed E-state index contributed by atoms with van der Waals surface area (Å²) in [5.74, 6) is -1.60. The Morgan fingerprint density at radius 3 is 2.26 bits per heavy atom. The van der Waals surface area contributed by atoms with Crippen molar-refractivity contribution >= 4 is 23.5 Å². The number of anilines is 1. The predicted molar refractivity (Wildman–Crippen MR) is 69.7 cm³/mol. The van der Waals surface area contributed by atoms with E-state index in [-0.39, 0.29) is 18.2 Å². The minimum absolute atomic E-state index is 0.0952. The molecule has 102 valence electrons. The van der Waals surface area contributed by atoms with Gasteiger partial charge in [-0.1, -0.05) is 12.1 Å². The van der Waals surface area contributed by atoms with Crippen molar-refractivity contribution in [2.24, 2.45) is 0 Å². The Kier molecular flexibility index (Phi) is 5.05. The van der Waals surface area contributed by atoms with Gasteiger partial charge in [-0.15, -0.1) is 0 Å². The summed E-state index contributed by atoms with van der Waals surface area (Å²) < 4.78 is 0. The van der Waals surface area contributed by atoms with Gasteiger partial charge in [-0.25, -0.2) is 0 Å². The molecule has 1 aromatic carbocycles. The van der Waals surface area contributed by atoms with E-state index in [4.69, 9.17) is 5.11 Å². The predicted octanol–water partition coefficient (Wildman–Crippen LogP) is 0.777. The average molecular weight is 264 g/mol. The standard InChI is InChI=1S/C13H16N2O4/c1-8(13(18)19)14-12(17)7-10-3-5-11(6-4-10)15-9(2)16/h3-6,8H,7H2,1-2H3,(H,14,17)(H,15,16)(H,18,19)/t8-/m1/s1. The largest absolute Gasteiger partial charge is 0.480 e. The fourth-order valence-corrected chi connectivity index (χ4v) is 1.45. The van der Waals surface area contributed by atoms with Gasteiger partial charge in [0.25, 0.3) is 0 Å². The monoisotopic (exact) mass is 264 g/mol. The number of carbonyl (C=O) groups is 3. The molecule has 0 heterocycles. The van der Waals surface area contributed by atoms with Crippen molar-refractivity contribution in [1.29, 1.82) is 0 Å². The van der Waals surface area contributed by atoms with Crippen molar-refractivity contribution in [3.63, 3.8) is 0 Å². The van der Waals surface area contributed by atoms with Crippen LogP contribution in [0.2, 0.25) is 0 Å². The quantitative estimate of drug-likeness (QED) is 0.732. The fraction of sp³-hybridized carbons (Fsp3) is 0.308. The van der Waals surface area contributed by atoms with Crippen LogP contribution in [0.1, 0.15) is 19.4 Å². The van der Waals surface area contributed by atoms with Crippen molar-refractivity contribution in [1.82, 2.24) is 5.32 Å². The van der Waals surface area contributed by atoms with Crippen LogP contribution in [0.3, 0.4) is 0 Å². The highest BCUT2D eigenvalue weighted by Crippen LogP contribution is 2.10. The summed E-state index contributed by atoms with van der Waals surface area (Å²) in [6, 6.07) is 5.87. The van der Waals surface area contributed by atoms with Crippen LogP contribution < -0.4 is 10.6 Å². The lowest BCUT2D eigenvalue weighted by atomic mass is 10.1. The summed E-state index contributed by atoms with van der Waals surface area (Å²) >= 11 is 0. The molecule has 3 N–H and O–H groups in total. The smallest absolute Gasteiger partial charge is 0.325 e. The van der Waals surface area contributed by atoms with Crippen LogP contribution in [0.5, 0.6) is 0 Å². The summed E-state index contributed by atoms with van der Waals surface area (Å²) in [7, 11) is 0. The van der Waals surface area contributed by atoms with Crippen molar-refractivity contribution in [2.75, 3.05) is 5.32 Å². The molecule has 1 atom stereocenters. The van der Waals surface area contributed by atoms with E-state index in [0.717, 1.165) is 5.56 Å². The molecule has 0 unspecified atom stereocenters. The number of hydrogen-bond donors (Lipinski definition) is 3. The van der Waals surface area contributed by atoms with Gasteiger partial charge in [0, 0.05) is 12.6 Å². The molecule has 1 rings (SSSR count). The number of carboxylic acid groups (broad SMARTS) is 1. The lowest BCUT2D eigenvalue weighted by molar-refractivity contribution is -0.141. The lowest BCUT2D eigenvalue weighted by Crippen LogP contribution is -2.39.